The number of esters is 1. The Morgan fingerprint density at radius 3 is 2.61 bits per heavy atom. The first-order chi connectivity index (χ1) is 10.9. The second-order valence-electron chi connectivity index (χ2n) is 4.95. The predicted octanol–water partition coefficient (Wildman–Crippen LogP) is 2.18. The van der Waals surface area contributed by atoms with Crippen LogP contribution in [0.25, 0.3) is 0 Å². The number of methoxy groups -OCH3 is 1. The van der Waals surface area contributed by atoms with E-state index in [-0.39, 0.29) is 22.4 Å². The molecule has 0 fully saturated rings. The minimum atomic E-state index is -3.78. The second-order valence-corrected chi connectivity index (χ2v) is 8.58. The first-order valence-corrected chi connectivity index (χ1v) is 9.96. The van der Waals surface area contributed by atoms with Gasteiger partial charge in [-0.15, -0.1) is 22.7 Å². The zero-order valence-corrected chi connectivity index (χ0v) is 15.4. The van der Waals surface area contributed by atoms with Gasteiger partial charge in [0.05, 0.1) is 13.2 Å². The highest BCUT2D eigenvalue weighted by Crippen LogP contribution is 2.25. The van der Waals surface area contributed by atoms with E-state index in [0.717, 1.165) is 16.2 Å². The van der Waals surface area contributed by atoms with E-state index < -0.39 is 16.0 Å². The lowest BCUT2D eigenvalue weighted by Gasteiger charge is -2.23. The van der Waals surface area contributed by atoms with Gasteiger partial charge in [-0.3, -0.25) is 0 Å². The van der Waals surface area contributed by atoms with Crippen molar-refractivity contribution < 1.29 is 17.9 Å². The Morgan fingerprint density at radius 1 is 1.30 bits per heavy atom. The van der Waals surface area contributed by atoms with Gasteiger partial charge in [0.2, 0.25) is 10.0 Å². The summed E-state index contributed by atoms with van der Waals surface area (Å²) in [4.78, 5) is 14.7. The number of hydrogen-bond donors (Lipinski definition) is 1. The third-order valence-electron chi connectivity index (χ3n) is 3.25. The summed E-state index contributed by atoms with van der Waals surface area (Å²) in [5.74, 6) is -0.650. The van der Waals surface area contributed by atoms with E-state index >= 15 is 0 Å². The number of nitrogens with zero attached hydrogens (tertiary/aromatic N) is 1. The minimum Gasteiger partial charge on any atom is -0.465 e. The lowest BCUT2D eigenvalue weighted by molar-refractivity contribution is 0.0602. The van der Waals surface area contributed by atoms with Crippen LogP contribution >= 0.6 is 22.7 Å². The number of rotatable bonds is 7. The van der Waals surface area contributed by atoms with E-state index in [1.807, 2.05) is 36.5 Å². The molecule has 23 heavy (non-hydrogen) atoms. The Kier molecular flexibility index (Phi) is 5.93. The average Bonchev–Trinajstić information content (AvgIpc) is 3.17. The molecule has 0 amide bonds. The molecule has 1 atom stereocenters. The minimum absolute atomic E-state index is 0.0435. The van der Waals surface area contributed by atoms with Gasteiger partial charge in [-0.05, 0) is 37.0 Å². The summed E-state index contributed by atoms with van der Waals surface area (Å²) in [6.45, 7) is 0.215. The Bertz CT molecular complexity index is 751. The maximum Gasteiger partial charge on any atom is 0.349 e. The standard InChI is InChI=1S/C14H18N2O4S3/c1-16(2)10(11-5-4-7-21-11)9-15-23(18,19)12-6-8-22-13(12)14(17)20-3/h4-8,10,15H,9H2,1-3H3. The summed E-state index contributed by atoms with van der Waals surface area (Å²) in [5, 5.41) is 3.51. The molecule has 0 bridgehead atoms. The zero-order valence-electron chi connectivity index (χ0n) is 13.0. The molecule has 1 N–H and O–H groups in total. The quantitative estimate of drug-likeness (QED) is 0.752. The molecule has 1 unspecified atom stereocenters. The fourth-order valence-electron chi connectivity index (χ4n) is 2.04. The van der Waals surface area contributed by atoms with Gasteiger partial charge in [0.15, 0.2) is 0 Å². The number of sulfonamides is 1. The van der Waals surface area contributed by atoms with E-state index in [4.69, 9.17) is 0 Å². The van der Waals surface area contributed by atoms with Crippen molar-refractivity contribution in [3.8, 4) is 0 Å². The molecule has 2 heterocycles. The zero-order chi connectivity index (χ0) is 17.0. The highest BCUT2D eigenvalue weighted by molar-refractivity contribution is 7.89. The van der Waals surface area contributed by atoms with Gasteiger partial charge < -0.3 is 9.64 Å². The van der Waals surface area contributed by atoms with E-state index in [9.17, 15) is 13.2 Å². The molecular weight excluding hydrogens is 356 g/mol. The molecule has 0 radical (unpaired) electrons. The Hall–Kier alpha value is -1.26. The molecule has 126 valence electrons. The molecule has 0 aromatic carbocycles. The Balaban J connectivity index is 2.19. The maximum atomic E-state index is 12.5. The van der Waals surface area contributed by atoms with Crippen molar-refractivity contribution in [3.05, 3.63) is 38.7 Å². The number of ether oxygens (including phenoxy) is 1. The number of carbonyl (C=O) groups is 1. The molecule has 2 aromatic rings. The number of nitrogens with one attached hydrogen (secondary N) is 1. The molecule has 0 aliphatic heterocycles. The van der Waals surface area contributed by atoms with E-state index in [2.05, 4.69) is 9.46 Å². The van der Waals surface area contributed by atoms with Crippen LogP contribution in [0.3, 0.4) is 0 Å². The van der Waals surface area contributed by atoms with Crippen molar-refractivity contribution in [3.63, 3.8) is 0 Å². The number of carbonyl (C=O) groups excluding carboxylic acids is 1. The van der Waals surface area contributed by atoms with Gasteiger partial charge in [0.1, 0.15) is 9.77 Å². The fraction of sp³-hybridized carbons (Fsp3) is 0.357. The number of likely N-dealkylation sites (N-methyl/N-ethyl adjacent to an activating group) is 1. The van der Waals surface area contributed by atoms with Gasteiger partial charge in [-0.1, -0.05) is 6.07 Å². The van der Waals surface area contributed by atoms with Gasteiger partial charge in [-0.2, -0.15) is 0 Å². The van der Waals surface area contributed by atoms with Crippen molar-refractivity contribution in [2.75, 3.05) is 27.7 Å². The lowest BCUT2D eigenvalue weighted by Crippen LogP contribution is -2.34. The van der Waals surface area contributed by atoms with E-state index in [0.29, 0.717) is 0 Å². The summed E-state index contributed by atoms with van der Waals surface area (Å²) in [6.07, 6.45) is 0. The Morgan fingerprint density at radius 2 is 2.04 bits per heavy atom. The highest BCUT2D eigenvalue weighted by atomic mass is 32.2. The third kappa shape index (κ3) is 4.18. The monoisotopic (exact) mass is 374 g/mol. The molecule has 0 aliphatic carbocycles. The van der Waals surface area contributed by atoms with Gasteiger partial charge in [0, 0.05) is 11.4 Å². The van der Waals surface area contributed by atoms with Crippen molar-refractivity contribution in [1.82, 2.24) is 9.62 Å². The number of thiophene rings is 2. The fourth-order valence-corrected chi connectivity index (χ4v) is 5.33. The normalized spacial score (nSPS) is 13.2. The van der Waals surface area contributed by atoms with E-state index in [1.54, 1.807) is 16.7 Å². The van der Waals surface area contributed by atoms with Crippen molar-refractivity contribution in [2.24, 2.45) is 0 Å². The van der Waals surface area contributed by atoms with Crippen LogP contribution in [0.4, 0.5) is 0 Å². The largest absolute Gasteiger partial charge is 0.465 e. The molecule has 2 aromatic heterocycles. The summed E-state index contributed by atoms with van der Waals surface area (Å²) < 4.78 is 32.2. The summed E-state index contributed by atoms with van der Waals surface area (Å²) in [5.41, 5.74) is 0. The molecular formula is C14H18N2O4S3. The highest BCUT2D eigenvalue weighted by Gasteiger charge is 2.26. The van der Waals surface area contributed by atoms with Crippen LogP contribution in [-0.2, 0) is 14.8 Å². The van der Waals surface area contributed by atoms with Crippen LogP contribution < -0.4 is 4.72 Å². The predicted molar refractivity (Wildman–Crippen MR) is 91.6 cm³/mol. The van der Waals surface area contributed by atoms with Crippen LogP contribution in [0.2, 0.25) is 0 Å². The smallest absolute Gasteiger partial charge is 0.349 e. The van der Waals surface area contributed by atoms with Crippen molar-refractivity contribution in [1.29, 1.82) is 0 Å². The van der Waals surface area contributed by atoms with Gasteiger partial charge in [-0.25, -0.2) is 17.9 Å². The molecule has 0 spiro atoms. The second kappa shape index (κ2) is 7.54. The molecule has 0 aliphatic rings. The van der Waals surface area contributed by atoms with Crippen LogP contribution in [0, 0.1) is 0 Å². The maximum absolute atomic E-state index is 12.5. The molecule has 6 nitrogen and oxygen atoms in total. The van der Waals surface area contributed by atoms with Crippen molar-refractivity contribution in [2.45, 2.75) is 10.9 Å². The van der Waals surface area contributed by atoms with Crippen LogP contribution in [-0.4, -0.2) is 47.0 Å². The van der Waals surface area contributed by atoms with E-state index in [1.165, 1.54) is 13.2 Å². The first kappa shape index (κ1) is 18.1. The average molecular weight is 375 g/mol. The third-order valence-corrected chi connectivity index (χ3v) is 6.71. The Labute approximate surface area is 143 Å². The van der Waals surface area contributed by atoms with Crippen LogP contribution in [0.1, 0.15) is 20.6 Å². The first-order valence-electron chi connectivity index (χ1n) is 6.72. The van der Waals surface area contributed by atoms with Crippen LogP contribution in [0.15, 0.2) is 33.9 Å². The molecule has 2 rings (SSSR count). The topological polar surface area (TPSA) is 75.7 Å². The summed E-state index contributed by atoms with van der Waals surface area (Å²) >= 11 is 2.62. The molecule has 9 heteroatoms. The molecule has 0 saturated carbocycles. The summed E-state index contributed by atoms with van der Waals surface area (Å²) in [7, 11) is 1.23. The van der Waals surface area contributed by atoms with Gasteiger partial charge >= 0.3 is 5.97 Å². The van der Waals surface area contributed by atoms with Gasteiger partial charge in [0.25, 0.3) is 0 Å². The SMILES string of the molecule is COC(=O)c1sccc1S(=O)(=O)NCC(c1cccs1)N(C)C. The van der Waals surface area contributed by atoms with Crippen molar-refractivity contribution >= 4 is 38.7 Å². The number of hydrogen-bond acceptors (Lipinski definition) is 7. The summed E-state index contributed by atoms with van der Waals surface area (Å²) in [6, 6.07) is 5.23. The lowest BCUT2D eigenvalue weighted by atomic mass is 10.2. The molecule has 0 saturated heterocycles. The van der Waals surface area contributed by atoms with Crippen LogP contribution in [0.5, 0.6) is 0 Å².